The van der Waals surface area contributed by atoms with Crippen LogP contribution in [0.3, 0.4) is 0 Å². The van der Waals surface area contributed by atoms with Gasteiger partial charge in [-0.3, -0.25) is 4.79 Å². The maximum absolute atomic E-state index is 13.1. The second-order valence-electron chi connectivity index (χ2n) is 8.12. The number of carbonyl (C=O) groups is 2. The number of thiazole rings is 1. The lowest BCUT2D eigenvalue weighted by molar-refractivity contribution is -0.107. The number of benzene rings is 1. The lowest BCUT2D eigenvalue weighted by Crippen LogP contribution is -2.42. The topological polar surface area (TPSA) is 50.3 Å². The van der Waals surface area contributed by atoms with Crippen LogP contribution in [0, 0.1) is 11.8 Å². The fourth-order valence-electron chi connectivity index (χ4n) is 4.84. The predicted molar refractivity (Wildman–Crippen MR) is 113 cm³/mol. The maximum Gasteiger partial charge on any atom is 0.273 e. The standard InChI is InChI=1S/C23H28N2O2S/c26-14-12-18-9-4-5-11-20(18)22-24-21(16-28-22)23(27)25-13-6-10-19(15-25)17-7-2-1-3-8-17/h4-5,9,11,14,16-17,19H,1-3,6-8,10,12-13,15H2. The Kier molecular flexibility index (Phi) is 6.20. The number of carbonyl (C=O) groups excluding carboxylic acids is 2. The molecule has 0 radical (unpaired) electrons. The van der Waals surface area contributed by atoms with Crippen molar-refractivity contribution in [2.45, 2.75) is 51.4 Å². The molecule has 28 heavy (non-hydrogen) atoms. The minimum Gasteiger partial charge on any atom is -0.337 e. The van der Waals surface area contributed by atoms with Crippen molar-refractivity contribution < 1.29 is 9.59 Å². The largest absolute Gasteiger partial charge is 0.337 e. The highest BCUT2D eigenvalue weighted by Gasteiger charge is 2.31. The second-order valence-corrected chi connectivity index (χ2v) is 8.98. The van der Waals surface area contributed by atoms with E-state index in [4.69, 9.17) is 0 Å². The highest BCUT2D eigenvalue weighted by atomic mass is 32.1. The van der Waals surface area contributed by atoms with Gasteiger partial charge in [-0.15, -0.1) is 11.3 Å². The van der Waals surface area contributed by atoms with E-state index in [2.05, 4.69) is 4.98 Å². The van der Waals surface area contributed by atoms with Gasteiger partial charge in [-0.2, -0.15) is 0 Å². The molecule has 148 valence electrons. The monoisotopic (exact) mass is 396 g/mol. The zero-order valence-corrected chi connectivity index (χ0v) is 17.1. The molecule has 0 bridgehead atoms. The van der Waals surface area contributed by atoms with Gasteiger partial charge in [0.05, 0.1) is 0 Å². The van der Waals surface area contributed by atoms with Crippen LogP contribution in [0.2, 0.25) is 0 Å². The van der Waals surface area contributed by atoms with Crippen LogP contribution >= 0.6 is 11.3 Å². The molecule has 1 amide bonds. The smallest absolute Gasteiger partial charge is 0.273 e. The summed E-state index contributed by atoms with van der Waals surface area (Å²) in [7, 11) is 0. The number of nitrogens with zero attached hydrogens (tertiary/aromatic N) is 2. The van der Waals surface area contributed by atoms with E-state index in [1.807, 2.05) is 34.5 Å². The third kappa shape index (κ3) is 4.19. The summed E-state index contributed by atoms with van der Waals surface area (Å²) in [6.45, 7) is 1.73. The van der Waals surface area contributed by atoms with Gasteiger partial charge in [0.25, 0.3) is 5.91 Å². The Hall–Kier alpha value is -2.01. The number of aldehydes is 1. The van der Waals surface area contributed by atoms with Crippen molar-refractivity contribution in [3.63, 3.8) is 0 Å². The predicted octanol–water partition coefficient (Wildman–Crippen LogP) is 4.98. The molecule has 1 saturated carbocycles. The number of hydrogen-bond donors (Lipinski definition) is 0. The van der Waals surface area contributed by atoms with Gasteiger partial charge in [0.2, 0.25) is 0 Å². The van der Waals surface area contributed by atoms with Gasteiger partial charge >= 0.3 is 0 Å². The summed E-state index contributed by atoms with van der Waals surface area (Å²) >= 11 is 1.49. The first-order valence-corrected chi connectivity index (χ1v) is 11.4. The molecule has 1 aromatic heterocycles. The molecule has 1 aliphatic heterocycles. The zero-order chi connectivity index (χ0) is 19.3. The van der Waals surface area contributed by atoms with Gasteiger partial charge in [0.1, 0.15) is 17.0 Å². The second kappa shape index (κ2) is 8.99. The van der Waals surface area contributed by atoms with Crippen LogP contribution in [0.4, 0.5) is 0 Å². The van der Waals surface area contributed by atoms with E-state index in [-0.39, 0.29) is 5.91 Å². The summed E-state index contributed by atoms with van der Waals surface area (Å²) in [5, 5.41) is 2.70. The highest BCUT2D eigenvalue weighted by molar-refractivity contribution is 7.13. The summed E-state index contributed by atoms with van der Waals surface area (Å²) < 4.78 is 0. The minimum absolute atomic E-state index is 0.0656. The summed E-state index contributed by atoms with van der Waals surface area (Å²) in [6.07, 6.45) is 10.4. The SMILES string of the molecule is O=CCc1ccccc1-c1nc(C(=O)N2CCCC(C3CCCCC3)C2)cs1. The molecule has 1 unspecified atom stereocenters. The molecule has 4 rings (SSSR count). The van der Waals surface area contributed by atoms with Crippen LogP contribution in [0.1, 0.15) is 61.0 Å². The quantitative estimate of drug-likeness (QED) is 0.670. The number of rotatable bonds is 5. The van der Waals surface area contributed by atoms with E-state index < -0.39 is 0 Å². The number of aromatic nitrogens is 1. The molecule has 1 aliphatic carbocycles. The zero-order valence-electron chi connectivity index (χ0n) is 16.3. The van der Waals surface area contributed by atoms with Crippen molar-refractivity contribution in [3.8, 4) is 10.6 Å². The van der Waals surface area contributed by atoms with Crippen molar-refractivity contribution in [1.29, 1.82) is 0 Å². The Labute approximate surface area is 171 Å². The number of piperidine rings is 1. The van der Waals surface area contributed by atoms with Crippen LogP contribution < -0.4 is 0 Å². The molecule has 0 spiro atoms. The van der Waals surface area contributed by atoms with Crippen LogP contribution in [0.15, 0.2) is 29.6 Å². The van der Waals surface area contributed by atoms with Crippen LogP contribution in [-0.4, -0.2) is 35.2 Å². The molecular formula is C23H28N2O2S. The van der Waals surface area contributed by atoms with E-state index in [0.29, 0.717) is 18.0 Å². The molecule has 5 heteroatoms. The van der Waals surface area contributed by atoms with Gasteiger partial charge in [-0.05, 0) is 30.2 Å². The minimum atomic E-state index is 0.0656. The summed E-state index contributed by atoms with van der Waals surface area (Å²) in [4.78, 5) is 30.7. The Balaban J connectivity index is 1.47. The fraction of sp³-hybridized carbons (Fsp3) is 0.522. The van der Waals surface area contributed by atoms with Crippen molar-refractivity contribution in [1.82, 2.24) is 9.88 Å². The van der Waals surface area contributed by atoms with Gasteiger partial charge in [0, 0.05) is 30.5 Å². The molecule has 1 saturated heterocycles. The van der Waals surface area contributed by atoms with Crippen molar-refractivity contribution in [2.75, 3.05) is 13.1 Å². The fourth-order valence-corrected chi connectivity index (χ4v) is 5.69. The molecule has 2 fully saturated rings. The third-order valence-corrected chi connectivity index (χ3v) is 7.21. The summed E-state index contributed by atoms with van der Waals surface area (Å²) in [5.41, 5.74) is 2.46. The Bertz CT molecular complexity index is 826. The molecule has 2 aromatic rings. The number of hydrogen-bond acceptors (Lipinski definition) is 4. The van der Waals surface area contributed by atoms with E-state index in [1.54, 1.807) is 0 Å². The van der Waals surface area contributed by atoms with Crippen LogP contribution in [-0.2, 0) is 11.2 Å². The van der Waals surface area contributed by atoms with Crippen molar-refractivity contribution in [3.05, 3.63) is 40.9 Å². The third-order valence-electron chi connectivity index (χ3n) is 6.34. The Morgan fingerprint density at radius 1 is 1.11 bits per heavy atom. The number of amides is 1. The summed E-state index contributed by atoms with van der Waals surface area (Å²) in [5.74, 6) is 1.52. The van der Waals surface area contributed by atoms with Gasteiger partial charge in [0.15, 0.2) is 0 Å². The van der Waals surface area contributed by atoms with Gasteiger partial charge < -0.3 is 9.69 Å². The van der Waals surface area contributed by atoms with E-state index in [9.17, 15) is 9.59 Å². The van der Waals surface area contributed by atoms with E-state index in [1.165, 1.54) is 49.9 Å². The lowest BCUT2D eigenvalue weighted by atomic mass is 9.76. The first kappa shape index (κ1) is 19.3. The average molecular weight is 397 g/mol. The maximum atomic E-state index is 13.1. The number of likely N-dealkylation sites (tertiary alicyclic amines) is 1. The normalized spacial score (nSPS) is 20.9. The lowest BCUT2D eigenvalue weighted by Gasteiger charge is -2.38. The Morgan fingerprint density at radius 2 is 1.89 bits per heavy atom. The van der Waals surface area contributed by atoms with E-state index >= 15 is 0 Å². The first-order chi connectivity index (χ1) is 13.8. The molecule has 4 nitrogen and oxygen atoms in total. The highest BCUT2D eigenvalue weighted by Crippen LogP contribution is 2.35. The Morgan fingerprint density at radius 3 is 2.71 bits per heavy atom. The van der Waals surface area contributed by atoms with Gasteiger partial charge in [-0.1, -0.05) is 56.4 Å². The molecule has 2 heterocycles. The van der Waals surface area contributed by atoms with E-state index in [0.717, 1.165) is 47.8 Å². The summed E-state index contributed by atoms with van der Waals surface area (Å²) in [6, 6.07) is 7.81. The molecular weight excluding hydrogens is 368 g/mol. The molecule has 1 atom stereocenters. The van der Waals surface area contributed by atoms with Crippen molar-refractivity contribution in [2.24, 2.45) is 11.8 Å². The molecule has 2 aliphatic rings. The van der Waals surface area contributed by atoms with Crippen LogP contribution in [0.5, 0.6) is 0 Å². The average Bonchev–Trinajstić information content (AvgIpc) is 3.25. The molecule has 1 aromatic carbocycles. The van der Waals surface area contributed by atoms with Crippen molar-refractivity contribution >= 4 is 23.5 Å². The van der Waals surface area contributed by atoms with Gasteiger partial charge in [-0.25, -0.2) is 4.98 Å². The molecule has 0 N–H and O–H groups in total. The van der Waals surface area contributed by atoms with Crippen LogP contribution in [0.25, 0.3) is 10.6 Å². The first-order valence-electron chi connectivity index (χ1n) is 10.5.